The maximum atomic E-state index is 12.3. The number of benzene rings is 1. The highest BCUT2D eigenvalue weighted by atomic mass is 16.4. The molecule has 2 aromatic rings. The molecule has 0 bridgehead atoms. The standard InChI is InChI=1S/C17H18N2O5/c1-10(20)12-8-15(19(2)9-12)16(22)18-14(17(23)24)7-11-3-5-13(21)6-4-11/h3-6,8-9,14,21H,7H2,1-2H3,(H,18,22)(H,23,24). The van der Waals surface area contributed by atoms with Crippen molar-refractivity contribution in [1.29, 1.82) is 0 Å². The maximum Gasteiger partial charge on any atom is 0.326 e. The van der Waals surface area contributed by atoms with Gasteiger partial charge in [0.25, 0.3) is 5.91 Å². The van der Waals surface area contributed by atoms with Crippen LogP contribution in [0, 0.1) is 0 Å². The lowest BCUT2D eigenvalue weighted by atomic mass is 10.1. The van der Waals surface area contributed by atoms with Gasteiger partial charge in [0, 0.05) is 25.2 Å². The summed E-state index contributed by atoms with van der Waals surface area (Å²) >= 11 is 0. The number of aromatic hydroxyl groups is 1. The van der Waals surface area contributed by atoms with Gasteiger partial charge in [-0.25, -0.2) is 4.79 Å². The molecule has 2 rings (SSSR count). The van der Waals surface area contributed by atoms with Gasteiger partial charge in [0.2, 0.25) is 0 Å². The van der Waals surface area contributed by atoms with Crippen LogP contribution in [0.3, 0.4) is 0 Å². The molecule has 0 spiro atoms. The molecule has 0 saturated carbocycles. The molecular weight excluding hydrogens is 312 g/mol. The van der Waals surface area contributed by atoms with Crippen molar-refractivity contribution < 1.29 is 24.6 Å². The number of aliphatic carboxylic acids is 1. The van der Waals surface area contributed by atoms with E-state index in [1.54, 1.807) is 19.2 Å². The van der Waals surface area contributed by atoms with E-state index in [1.165, 1.54) is 35.9 Å². The van der Waals surface area contributed by atoms with Crippen LogP contribution in [-0.2, 0) is 18.3 Å². The number of carbonyl (C=O) groups excluding carboxylic acids is 2. The number of carboxylic acids is 1. The zero-order chi connectivity index (χ0) is 17.9. The molecule has 7 heteroatoms. The summed E-state index contributed by atoms with van der Waals surface area (Å²) in [6.45, 7) is 1.39. The van der Waals surface area contributed by atoms with Crippen LogP contribution in [0.25, 0.3) is 0 Å². The second-order valence-corrected chi connectivity index (χ2v) is 5.52. The van der Waals surface area contributed by atoms with Crippen molar-refractivity contribution >= 4 is 17.7 Å². The topological polar surface area (TPSA) is 109 Å². The van der Waals surface area contributed by atoms with E-state index >= 15 is 0 Å². The lowest BCUT2D eigenvalue weighted by Crippen LogP contribution is -2.42. The third-order valence-electron chi connectivity index (χ3n) is 3.62. The van der Waals surface area contributed by atoms with E-state index < -0.39 is 17.9 Å². The highest BCUT2D eigenvalue weighted by Gasteiger charge is 2.23. The fraction of sp³-hybridized carbons (Fsp3) is 0.235. The second kappa shape index (κ2) is 6.99. The predicted octanol–water partition coefficient (Wildman–Crippen LogP) is 1.36. The van der Waals surface area contributed by atoms with Gasteiger partial charge >= 0.3 is 5.97 Å². The number of rotatable bonds is 6. The maximum absolute atomic E-state index is 12.3. The van der Waals surface area contributed by atoms with Gasteiger partial charge < -0.3 is 20.1 Å². The Balaban J connectivity index is 2.15. The van der Waals surface area contributed by atoms with Gasteiger partial charge in [-0.15, -0.1) is 0 Å². The van der Waals surface area contributed by atoms with Crippen LogP contribution in [0.4, 0.5) is 0 Å². The van der Waals surface area contributed by atoms with E-state index in [9.17, 15) is 24.6 Å². The molecule has 1 amide bonds. The normalized spacial score (nSPS) is 11.8. The Labute approximate surface area is 138 Å². The summed E-state index contributed by atoms with van der Waals surface area (Å²) in [5.41, 5.74) is 1.25. The molecule has 0 aliphatic rings. The molecule has 126 valence electrons. The van der Waals surface area contributed by atoms with Crippen LogP contribution in [0.1, 0.15) is 33.3 Å². The summed E-state index contributed by atoms with van der Waals surface area (Å²) in [6.07, 6.45) is 1.60. The first-order valence-corrected chi connectivity index (χ1v) is 7.27. The number of phenols is 1. The Morgan fingerprint density at radius 2 is 1.83 bits per heavy atom. The minimum Gasteiger partial charge on any atom is -0.508 e. The van der Waals surface area contributed by atoms with Gasteiger partial charge in [-0.3, -0.25) is 9.59 Å². The van der Waals surface area contributed by atoms with E-state index in [1.807, 2.05) is 0 Å². The Kier molecular flexibility index (Phi) is 5.03. The van der Waals surface area contributed by atoms with Crippen LogP contribution in [-0.4, -0.2) is 38.5 Å². The van der Waals surface area contributed by atoms with Gasteiger partial charge in [-0.1, -0.05) is 12.1 Å². The fourth-order valence-corrected chi connectivity index (χ4v) is 2.28. The monoisotopic (exact) mass is 330 g/mol. The average molecular weight is 330 g/mol. The Hall–Kier alpha value is -3.09. The zero-order valence-corrected chi connectivity index (χ0v) is 13.3. The van der Waals surface area contributed by atoms with E-state index in [0.717, 1.165) is 0 Å². The van der Waals surface area contributed by atoms with Crippen molar-refractivity contribution in [2.45, 2.75) is 19.4 Å². The molecule has 1 aromatic carbocycles. The van der Waals surface area contributed by atoms with Gasteiger partial charge in [0.15, 0.2) is 5.78 Å². The summed E-state index contributed by atoms with van der Waals surface area (Å²) < 4.78 is 1.48. The second-order valence-electron chi connectivity index (χ2n) is 5.52. The molecule has 7 nitrogen and oxygen atoms in total. The van der Waals surface area contributed by atoms with Crippen LogP contribution in [0.2, 0.25) is 0 Å². The average Bonchev–Trinajstić information content (AvgIpc) is 2.91. The SMILES string of the molecule is CC(=O)c1cc(C(=O)NC(Cc2ccc(O)cc2)C(=O)O)n(C)c1. The van der Waals surface area contributed by atoms with Crippen molar-refractivity contribution in [2.75, 3.05) is 0 Å². The van der Waals surface area contributed by atoms with Gasteiger partial charge in [0.05, 0.1) is 0 Å². The molecule has 1 unspecified atom stereocenters. The van der Waals surface area contributed by atoms with Crippen LogP contribution in [0.5, 0.6) is 5.75 Å². The summed E-state index contributed by atoms with van der Waals surface area (Å²) in [7, 11) is 1.61. The lowest BCUT2D eigenvalue weighted by molar-refractivity contribution is -0.139. The van der Waals surface area contributed by atoms with Crippen molar-refractivity contribution in [3.05, 3.63) is 53.3 Å². The summed E-state index contributed by atoms with van der Waals surface area (Å²) in [4.78, 5) is 35.1. The van der Waals surface area contributed by atoms with Crippen molar-refractivity contribution in [3.8, 4) is 5.75 Å². The number of aryl methyl sites for hydroxylation is 1. The van der Waals surface area contributed by atoms with E-state index in [0.29, 0.717) is 11.1 Å². The number of carbonyl (C=O) groups is 3. The van der Waals surface area contributed by atoms with Gasteiger partial charge in [0.1, 0.15) is 17.5 Å². The molecule has 0 radical (unpaired) electrons. The largest absolute Gasteiger partial charge is 0.508 e. The summed E-state index contributed by atoms with van der Waals surface area (Å²) in [6, 6.07) is 6.38. The third-order valence-corrected chi connectivity index (χ3v) is 3.62. The number of Topliss-reactive ketones (excluding diaryl/α,β-unsaturated/α-hetero) is 1. The number of carboxylic acid groups (broad SMARTS) is 1. The molecule has 1 aromatic heterocycles. The minimum absolute atomic E-state index is 0.0747. The highest BCUT2D eigenvalue weighted by Crippen LogP contribution is 2.13. The van der Waals surface area contributed by atoms with Gasteiger partial charge in [-0.05, 0) is 30.7 Å². The molecule has 24 heavy (non-hydrogen) atoms. The number of ketones is 1. The van der Waals surface area contributed by atoms with Crippen LogP contribution >= 0.6 is 0 Å². The zero-order valence-electron chi connectivity index (χ0n) is 13.3. The number of hydrogen-bond acceptors (Lipinski definition) is 4. The first kappa shape index (κ1) is 17.3. The van der Waals surface area contributed by atoms with Gasteiger partial charge in [-0.2, -0.15) is 0 Å². The number of nitrogens with zero attached hydrogens (tertiary/aromatic N) is 1. The molecule has 3 N–H and O–H groups in total. The molecule has 0 aliphatic carbocycles. The molecule has 0 fully saturated rings. The first-order chi connectivity index (χ1) is 11.3. The third kappa shape index (κ3) is 4.01. The smallest absolute Gasteiger partial charge is 0.326 e. The van der Waals surface area contributed by atoms with Crippen LogP contribution in [0.15, 0.2) is 36.5 Å². The highest BCUT2D eigenvalue weighted by molar-refractivity contribution is 6.00. The number of hydrogen-bond donors (Lipinski definition) is 3. The molecule has 0 aliphatic heterocycles. The molecular formula is C17H18N2O5. The number of aromatic nitrogens is 1. The molecule has 0 saturated heterocycles. The van der Waals surface area contributed by atoms with Crippen molar-refractivity contribution in [1.82, 2.24) is 9.88 Å². The van der Waals surface area contributed by atoms with Crippen molar-refractivity contribution in [2.24, 2.45) is 7.05 Å². The first-order valence-electron chi connectivity index (χ1n) is 7.27. The molecule has 1 atom stereocenters. The lowest BCUT2D eigenvalue weighted by Gasteiger charge is -2.15. The fourth-order valence-electron chi connectivity index (χ4n) is 2.28. The predicted molar refractivity (Wildman–Crippen MR) is 86.1 cm³/mol. The molecule has 1 heterocycles. The summed E-state index contributed by atoms with van der Waals surface area (Å²) in [5.74, 6) is -1.84. The van der Waals surface area contributed by atoms with Crippen LogP contribution < -0.4 is 5.32 Å². The number of amides is 1. The number of phenolic OH excluding ortho intramolecular Hbond substituents is 1. The summed E-state index contributed by atoms with van der Waals surface area (Å²) in [5, 5.41) is 21.0. The Morgan fingerprint density at radius 3 is 2.33 bits per heavy atom. The van der Waals surface area contributed by atoms with E-state index in [-0.39, 0.29) is 23.6 Å². The quantitative estimate of drug-likeness (QED) is 0.693. The number of nitrogens with one attached hydrogen (secondary N) is 1. The van der Waals surface area contributed by atoms with E-state index in [2.05, 4.69) is 5.32 Å². The van der Waals surface area contributed by atoms with E-state index in [4.69, 9.17) is 0 Å². The minimum atomic E-state index is -1.17. The Morgan fingerprint density at radius 1 is 1.21 bits per heavy atom. The Bertz CT molecular complexity index is 777. The van der Waals surface area contributed by atoms with Crippen molar-refractivity contribution in [3.63, 3.8) is 0 Å².